The van der Waals surface area contributed by atoms with Gasteiger partial charge in [0.25, 0.3) is 0 Å². The summed E-state index contributed by atoms with van der Waals surface area (Å²) < 4.78 is 85.9. The molecule has 1 N–H and O–H groups in total. The molecule has 0 atom stereocenters. The number of aromatic nitrogens is 6. The van der Waals surface area contributed by atoms with Gasteiger partial charge < -0.3 is 14.0 Å². The summed E-state index contributed by atoms with van der Waals surface area (Å²) in [5, 5.41) is 7.73. The van der Waals surface area contributed by atoms with Gasteiger partial charge in [-0.3, -0.25) is 5.10 Å². The number of hydrogen-bond acceptors (Lipinski definition) is 8. The minimum Gasteiger partial charge on any atom is -0.744 e. The van der Waals surface area contributed by atoms with Gasteiger partial charge in [-0.1, -0.05) is 17.7 Å². The molecule has 1 aliphatic rings. The van der Waals surface area contributed by atoms with E-state index >= 15 is 0 Å². The number of nitrogens with one attached hydrogen (secondary N) is 1. The van der Waals surface area contributed by atoms with Gasteiger partial charge in [-0.2, -0.15) is 18.3 Å². The molecule has 0 spiro atoms. The quantitative estimate of drug-likeness (QED) is 0.215. The Hall–Kier alpha value is -4.37. The Balaban J connectivity index is 0.000000283. The van der Waals surface area contributed by atoms with Gasteiger partial charge in [0, 0.05) is 37.8 Å². The Morgan fingerprint density at radius 1 is 1.05 bits per heavy atom. The summed E-state index contributed by atoms with van der Waals surface area (Å²) in [5.41, 5.74) is 0.958. The number of hydrogen-bond donors (Lipinski definition) is 1. The zero-order valence-electron chi connectivity index (χ0n) is 23.0. The van der Waals surface area contributed by atoms with Crippen LogP contribution in [-0.4, -0.2) is 55.8 Å². The van der Waals surface area contributed by atoms with Crippen LogP contribution in [0.25, 0.3) is 22.3 Å². The van der Waals surface area contributed by atoms with E-state index in [1.807, 2.05) is 18.5 Å². The molecule has 0 unspecified atom stereocenters. The number of piperidine rings is 1. The molecule has 1 saturated heterocycles. The molecule has 0 bridgehead atoms. The minimum absolute atomic E-state index is 0.147. The lowest BCUT2D eigenvalue weighted by Gasteiger charge is -2.32. The Labute approximate surface area is 244 Å². The predicted octanol–water partition coefficient (Wildman–Crippen LogP) is 5.19. The molecule has 0 aliphatic carbocycles. The predicted molar refractivity (Wildman–Crippen MR) is 149 cm³/mol. The zero-order chi connectivity index (χ0) is 30.9. The fourth-order valence-corrected chi connectivity index (χ4v) is 5.43. The second-order valence-electron chi connectivity index (χ2n) is 10.1. The normalized spacial score (nSPS) is 14.5. The molecule has 0 radical (unpaired) electrons. The van der Waals surface area contributed by atoms with Gasteiger partial charge in [0.1, 0.15) is 33.9 Å². The van der Waals surface area contributed by atoms with Crippen LogP contribution >= 0.6 is 0 Å². The van der Waals surface area contributed by atoms with Gasteiger partial charge in [0.05, 0.1) is 27.7 Å². The van der Waals surface area contributed by atoms with Crippen LogP contribution in [0.4, 0.5) is 23.4 Å². The number of anilines is 1. The third kappa shape index (κ3) is 6.67. The lowest BCUT2D eigenvalue weighted by atomic mass is 9.96. The van der Waals surface area contributed by atoms with Crippen LogP contribution in [0.5, 0.6) is 0 Å². The monoisotopic (exact) mass is 616 g/mol. The zero-order valence-corrected chi connectivity index (χ0v) is 23.8. The number of aryl methyl sites for hydroxylation is 2. The standard InChI is InChI=1S/C21H19F4N7.C7H8O3S/c1-31-10-17(13-2-3-16(22)15(8-13)21(23,24)25)29-19(31)12-4-6-32(7-5-12)20-14-9-28-30-18(14)26-11-27-20;1-6-2-4-7(5-3-6)11(8,9)10/h2-3,8-12H,4-7H2,1H3,(H,26,27,28,30);2-5H,1H3,(H,8,9,10)/p-1. The number of alkyl halides is 3. The molecule has 6 rings (SSSR count). The number of nitrogens with zero attached hydrogens (tertiary/aromatic N) is 6. The number of fused-ring (bicyclic) bond motifs is 1. The van der Waals surface area contributed by atoms with Crippen molar-refractivity contribution in [3.63, 3.8) is 0 Å². The van der Waals surface area contributed by atoms with Crippen molar-refractivity contribution in [1.29, 1.82) is 0 Å². The molecule has 1 fully saturated rings. The van der Waals surface area contributed by atoms with Crippen molar-refractivity contribution in [2.24, 2.45) is 7.05 Å². The van der Waals surface area contributed by atoms with Crippen molar-refractivity contribution >= 4 is 27.0 Å². The Bertz CT molecular complexity index is 1850. The summed E-state index contributed by atoms with van der Waals surface area (Å²) in [6.45, 7) is 3.32. The molecule has 0 saturated carbocycles. The van der Waals surface area contributed by atoms with E-state index in [9.17, 15) is 30.5 Å². The maximum Gasteiger partial charge on any atom is 0.419 e. The average Bonchev–Trinajstić information content (AvgIpc) is 3.60. The highest BCUT2D eigenvalue weighted by atomic mass is 32.2. The third-order valence-electron chi connectivity index (χ3n) is 7.18. The summed E-state index contributed by atoms with van der Waals surface area (Å²) in [6, 6.07) is 8.76. The number of rotatable bonds is 4. The number of H-pyrrole nitrogens is 1. The molecule has 10 nitrogen and oxygen atoms in total. The third-order valence-corrected chi connectivity index (χ3v) is 8.03. The first-order valence-electron chi connectivity index (χ1n) is 13.1. The maximum atomic E-state index is 13.6. The summed E-state index contributed by atoms with van der Waals surface area (Å²) >= 11 is 0. The van der Waals surface area contributed by atoms with E-state index in [1.165, 1.54) is 24.5 Å². The molecule has 5 aromatic rings. The molecule has 1 aliphatic heterocycles. The van der Waals surface area contributed by atoms with Crippen LogP contribution in [0.3, 0.4) is 0 Å². The average molecular weight is 617 g/mol. The van der Waals surface area contributed by atoms with E-state index in [2.05, 4.69) is 30.0 Å². The van der Waals surface area contributed by atoms with Gasteiger partial charge in [-0.05, 0) is 50.1 Å². The molecule has 4 heterocycles. The SMILES string of the molecule is Cc1ccc(S(=O)(=O)[O-])cc1.Cn1cc(-c2ccc(F)c(C(F)(F)F)c2)nc1C1CCN(c2ncnc3[nH]ncc23)CC1. The van der Waals surface area contributed by atoms with Crippen molar-refractivity contribution < 1.29 is 30.5 Å². The van der Waals surface area contributed by atoms with Crippen LogP contribution in [0.1, 0.15) is 35.7 Å². The summed E-state index contributed by atoms with van der Waals surface area (Å²) in [4.78, 5) is 15.2. The van der Waals surface area contributed by atoms with Gasteiger partial charge in [0.2, 0.25) is 0 Å². The van der Waals surface area contributed by atoms with Crippen LogP contribution in [0.2, 0.25) is 0 Å². The van der Waals surface area contributed by atoms with Crippen LogP contribution in [0.15, 0.2) is 66.1 Å². The van der Waals surface area contributed by atoms with Crippen molar-refractivity contribution in [1.82, 2.24) is 29.7 Å². The van der Waals surface area contributed by atoms with Crippen molar-refractivity contribution in [3.05, 3.63) is 84.0 Å². The summed E-state index contributed by atoms with van der Waals surface area (Å²) in [5.74, 6) is 0.484. The van der Waals surface area contributed by atoms with Gasteiger partial charge in [-0.25, -0.2) is 27.8 Å². The number of halogens is 4. The van der Waals surface area contributed by atoms with E-state index in [0.717, 1.165) is 60.7 Å². The largest absolute Gasteiger partial charge is 0.744 e. The maximum absolute atomic E-state index is 13.6. The lowest BCUT2D eigenvalue weighted by molar-refractivity contribution is -0.139. The van der Waals surface area contributed by atoms with Crippen LogP contribution in [0, 0.1) is 12.7 Å². The summed E-state index contributed by atoms with van der Waals surface area (Å²) in [6.07, 6.45) is 1.76. The van der Waals surface area contributed by atoms with Crippen molar-refractivity contribution in [2.75, 3.05) is 18.0 Å². The van der Waals surface area contributed by atoms with Crippen LogP contribution in [-0.2, 0) is 23.3 Å². The van der Waals surface area contributed by atoms with E-state index in [0.29, 0.717) is 11.3 Å². The molecule has 3 aromatic heterocycles. The Morgan fingerprint density at radius 2 is 1.74 bits per heavy atom. The first-order valence-corrected chi connectivity index (χ1v) is 14.5. The van der Waals surface area contributed by atoms with E-state index in [4.69, 9.17) is 0 Å². The fourth-order valence-electron chi connectivity index (χ4n) is 4.96. The van der Waals surface area contributed by atoms with Crippen molar-refractivity contribution in [2.45, 2.75) is 36.8 Å². The number of benzene rings is 2. The Morgan fingerprint density at radius 3 is 2.40 bits per heavy atom. The topological polar surface area (TPSA) is 133 Å². The minimum atomic E-state index is -4.76. The second-order valence-corrected chi connectivity index (χ2v) is 11.5. The second kappa shape index (κ2) is 11.7. The highest BCUT2D eigenvalue weighted by Crippen LogP contribution is 2.36. The first kappa shape index (κ1) is 30.1. The van der Waals surface area contributed by atoms with Gasteiger partial charge in [-0.15, -0.1) is 0 Å². The lowest BCUT2D eigenvalue weighted by Crippen LogP contribution is -2.34. The number of aromatic amines is 1. The molecular weight excluding hydrogens is 590 g/mol. The molecule has 0 amide bonds. The molecule has 2 aromatic carbocycles. The Kier molecular flexibility index (Phi) is 8.21. The van der Waals surface area contributed by atoms with Gasteiger partial charge >= 0.3 is 6.18 Å². The fraction of sp³-hybridized carbons (Fsp3) is 0.286. The highest BCUT2D eigenvalue weighted by molar-refractivity contribution is 7.85. The summed E-state index contributed by atoms with van der Waals surface area (Å²) in [7, 11) is -2.44. The molecule has 226 valence electrons. The van der Waals surface area contributed by atoms with Gasteiger partial charge in [0.15, 0.2) is 5.65 Å². The smallest absolute Gasteiger partial charge is 0.419 e. The molecule has 15 heteroatoms. The molecular formula is C28H26F4N7O3S-. The van der Waals surface area contributed by atoms with E-state index in [1.54, 1.807) is 24.5 Å². The highest BCUT2D eigenvalue weighted by Gasteiger charge is 2.34. The number of imidazole rings is 1. The van der Waals surface area contributed by atoms with E-state index in [-0.39, 0.29) is 16.4 Å². The first-order chi connectivity index (χ1) is 20.3. The van der Waals surface area contributed by atoms with Crippen LogP contribution < -0.4 is 4.90 Å². The van der Waals surface area contributed by atoms with E-state index < -0.39 is 27.7 Å². The van der Waals surface area contributed by atoms with Crippen molar-refractivity contribution in [3.8, 4) is 11.3 Å². The molecule has 43 heavy (non-hydrogen) atoms.